The molecule has 1 atom stereocenters. The Kier molecular flexibility index (Phi) is 8.21. The van der Waals surface area contributed by atoms with Crippen molar-refractivity contribution in [2.75, 3.05) is 11.9 Å². The lowest BCUT2D eigenvalue weighted by Crippen LogP contribution is -2.33. The van der Waals surface area contributed by atoms with Gasteiger partial charge in [-0.1, -0.05) is 45.0 Å². The largest absolute Gasteiger partial charge is 0.462 e. The Bertz CT molecular complexity index is 1020. The van der Waals surface area contributed by atoms with Crippen LogP contribution in [0.15, 0.2) is 30.3 Å². The van der Waals surface area contributed by atoms with Gasteiger partial charge >= 0.3 is 5.97 Å². The summed E-state index contributed by atoms with van der Waals surface area (Å²) in [6.45, 7) is 8.60. The van der Waals surface area contributed by atoms with Crippen LogP contribution in [-0.2, 0) is 22.4 Å². The van der Waals surface area contributed by atoms with Gasteiger partial charge in [0.25, 0.3) is 0 Å². The van der Waals surface area contributed by atoms with Crippen LogP contribution in [0.4, 0.5) is 5.00 Å². The van der Waals surface area contributed by atoms with Gasteiger partial charge in [0.1, 0.15) is 5.00 Å². The zero-order chi connectivity index (χ0) is 23.3. The molecule has 7 heteroatoms. The van der Waals surface area contributed by atoms with Crippen molar-refractivity contribution in [1.29, 1.82) is 0 Å². The Morgan fingerprint density at radius 1 is 1.28 bits per heavy atom. The van der Waals surface area contributed by atoms with Gasteiger partial charge in [0.15, 0.2) is 5.11 Å². The Labute approximate surface area is 199 Å². The predicted octanol–water partition coefficient (Wildman–Crippen LogP) is 5.70. The number of ether oxygens (including phenoxy) is 1. The highest BCUT2D eigenvalue weighted by Crippen LogP contribution is 2.40. The molecule has 2 aromatic rings. The molecule has 170 valence electrons. The molecular formula is C25H30N2O3S2. The first kappa shape index (κ1) is 24.1. The minimum absolute atomic E-state index is 0.159. The lowest BCUT2D eigenvalue weighted by molar-refractivity contribution is -0.115. The van der Waals surface area contributed by atoms with Gasteiger partial charge in [0.05, 0.1) is 12.2 Å². The van der Waals surface area contributed by atoms with E-state index in [1.54, 1.807) is 13.0 Å². The summed E-state index contributed by atoms with van der Waals surface area (Å²) in [5.41, 5.74) is 3.79. The van der Waals surface area contributed by atoms with E-state index in [9.17, 15) is 9.59 Å². The first-order chi connectivity index (χ1) is 15.3. The third kappa shape index (κ3) is 6.04. The second-order valence-corrected chi connectivity index (χ2v) is 9.89. The number of carbonyl (C=O) groups is 2. The van der Waals surface area contributed by atoms with E-state index in [4.69, 9.17) is 17.0 Å². The summed E-state index contributed by atoms with van der Waals surface area (Å²) in [6, 6.07) is 8.09. The third-order valence-electron chi connectivity index (χ3n) is 5.49. The number of hydrogen-bond acceptors (Lipinski definition) is 5. The number of anilines is 1. The zero-order valence-electron chi connectivity index (χ0n) is 19.0. The summed E-state index contributed by atoms with van der Waals surface area (Å²) < 4.78 is 5.28. The Morgan fingerprint density at radius 2 is 2.00 bits per heavy atom. The minimum atomic E-state index is -0.346. The summed E-state index contributed by atoms with van der Waals surface area (Å²) in [5, 5.41) is 6.52. The molecule has 0 saturated carbocycles. The van der Waals surface area contributed by atoms with E-state index in [1.165, 1.54) is 27.9 Å². The van der Waals surface area contributed by atoms with Gasteiger partial charge in [-0.15, -0.1) is 11.3 Å². The van der Waals surface area contributed by atoms with Crippen LogP contribution in [0.2, 0.25) is 0 Å². The quantitative estimate of drug-likeness (QED) is 0.322. The van der Waals surface area contributed by atoms with Gasteiger partial charge in [0, 0.05) is 11.0 Å². The van der Waals surface area contributed by atoms with Crippen LogP contribution in [0.1, 0.15) is 72.0 Å². The monoisotopic (exact) mass is 470 g/mol. The summed E-state index contributed by atoms with van der Waals surface area (Å²) in [4.78, 5) is 26.1. The molecule has 0 spiro atoms. The number of fused-ring (bicyclic) bond motifs is 1. The molecule has 5 nitrogen and oxygen atoms in total. The average Bonchev–Trinajstić information content (AvgIpc) is 3.09. The van der Waals surface area contributed by atoms with Crippen LogP contribution in [0.3, 0.4) is 0 Å². The van der Waals surface area contributed by atoms with Crippen LogP contribution >= 0.6 is 23.6 Å². The molecule has 1 aromatic carbocycles. The van der Waals surface area contributed by atoms with Crippen molar-refractivity contribution in [1.82, 2.24) is 5.32 Å². The van der Waals surface area contributed by atoms with Crippen molar-refractivity contribution in [2.45, 2.75) is 52.9 Å². The normalized spacial score (nSPS) is 15.5. The van der Waals surface area contributed by atoms with Gasteiger partial charge < -0.3 is 10.1 Å². The lowest BCUT2D eigenvalue weighted by atomic mass is 9.88. The van der Waals surface area contributed by atoms with Gasteiger partial charge in [-0.3, -0.25) is 10.1 Å². The number of thiocarbonyl (C=S) groups is 1. The SMILES string of the molecule is CCOC(=O)c1c(NC(=S)NC(=O)/C=C/c2ccc(C(C)C)cc2)sc2c1CC[C@@H](C)C2. The van der Waals surface area contributed by atoms with Crippen molar-refractivity contribution < 1.29 is 14.3 Å². The molecule has 0 saturated heterocycles. The van der Waals surface area contributed by atoms with Crippen LogP contribution < -0.4 is 10.6 Å². The molecule has 1 amide bonds. The van der Waals surface area contributed by atoms with E-state index in [0.717, 1.165) is 30.4 Å². The molecule has 1 aliphatic carbocycles. The summed E-state index contributed by atoms with van der Waals surface area (Å²) in [5.74, 6) is 0.366. The maximum absolute atomic E-state index is 12.6. The topological polar surface area (TPSA) is 67.4 Å². The fourth-order valence-electron chi connectivity index (χ4n) is 3.71. The fourth-order valence-corrected chi connectivity index (χ4v) is 5.38. The lowest BCUT2D eigenvalue weighted by Gasteiger charge is -2.18. The number of carbonyl (C=O) groups excluding carboxylic acids is 2. The molecule has 0 bridgehead atoms. The highest BCUT2D eigenvalue weighted by molar-refractivity contribution is 7.80. The number of esters is 1. The molecule has 0 radical (unpaired) electrons. The molecule has 2 N–H and O–H groups in total. The Balaban J connectivity index is 1.67. The van der Waals surface area contributed by atoms with E-state index >= 15 is 0 Å². The van der Waals surface area contributed by atoms with E-state index in [1.807, 2.05) is 12.1 Å². The number of benzene rings is 1. The molecule has 1 heterocycles. The van der Waals surface area contributed by atoms with E-state index in [2.05, 4.69) is 43.5 Å². The van der Waals surface area contributed by atoms with Crippen molar-refractivity contribution in [3.63, 3.8) is 0 Å². The number of thiophene rings is 1. The zero-order valence-corrected chi connectivity index (χ0v) is 20.6. The molecule has 0 unspecified atom stereocenters. The Morgan fingerprint density at radius 3 is 2.66 bits per heavy atom. The molecule has 0 aliphatic heterocycles. The van der Waals surface area contributed by atoms with Crippen molar-refractivity contribution >= 4 is 51.6 Å². The molecule has 1 aromatic heterocycles. The standard InChI is InChI=1S/C25H30N2O3S2/c1-5-30-24(29)22-19-12-6-16(4)14-20(19)32-23(22)27-25(31)26-21(28)13-9-17-7-10-18(11-8-17)15(2)3/h7-11,13,15-16H,5-6,12,14H2,1-4H3,(H2,26,27,28,31)/b13-9+/t16-/m1/s1. The summed E-state index contributed by atoms with van der Waals surface area (Å²) >= 11 is 6.86. The van der Waals surface area contributed by atoms with E-state index in [0.29, 0.717) is 29.0 Å². The van der Waals surface area contributed by atoms with Crippen LogP contribution in [0.25, 0.3) is 6.08 Å². The van der Waals surface area contributed by atoms with Gasteiger partial charge in [0.2, 0.25) is 5.91 Å². The number of amides is 1. The van der Waals surface area contributed by atoms with E-state index < -0.39 is 0 Å². The maximum Gasteiger partial charge on any atom is 0.341 e. The van der Waals surface area contributed by atoms with Crippen LogP contribution in [0, 0.1) is 5.92 Å². The van der Waals surface area contributed by atoms with E-state index in [-0.39, 0.29) is 17.0 Å². The Hall–Kier alpha value is -2.51. The minimum Gasteiger partial charge on any atom is -0.462 e. The van der Waals surface area contributed by atoms with Gasteiger partial charge in [-0.25, -0.2) is 4.79 Å². The summed E-state index contributed by atoms with van der Waals surface area (Å²) in [7, 11) is 0. The number of rotatable bonds is 6. The molecule has 0 fully saturated rings. The highest BCUT2D eigenvalue weighted by atomic mass is 32.1. The second kappa shape index (κ2) is 10.9. The van der Waals surface area contributed by atoms with Crippen LogP contribution in [0.5, 0.6) is 0 Å². The smallest absolute Gasteiger partial charge is 0.341 e. The van der Waals surface area contributed by atoms with Crippen molar-refractivity contribution in [3.8, 4) is 0 Å². The van der Waals surface area contributed by atoms with Crippen molar-refractivity contribution in [2.24, 2.45) is 5.92 Å². The van der Waals surface area contributed by atoms with Crippen molar-refractivity contribution in [3.05, 3.63) is 57.5 Å². The predicted molar refractivity (Wildman–Crippen MR) is 135 cm³/mol. The molecule has 1 aliphatic rings. The maximum atomic E-state index is 12.6. The fraction of sp³-hybridized carbons (Fsp3) is 0.400. The first-order valence-corrected chi connectivity index (χ1v) is 12.2. The number of hydrogen-bond donors (Lipinski definition) is 2. The first-order valence-electron chi connectivity index (χ1n) is 11.0. The molecular weight excluding hydrogens is 440 g/mol. The molecule has 32 heavy (non-hydrogen) atoms. The molecule has 3 rings (SSSR count). The van der Waals surface area contributed by atoms with Gasteiger partial charge in [-0.2, -0.15) is 0 Å². The van der Waals surface area contributed by atoms with Crippen LogP contribution in [-0.4, -0.2) is 23.6 Å². The average molecular weight is 471 g/mol. The number of nitrogens with one attached hydrogen (secondary N) is 2. The van der Waals surface area contributed by atoms with Gasteiger partial charge in [-0.05, 0) is 73.0 Å². The summed E-state index contributed by atoms with van der Waals surface area (Å²) in [6.07, 6.45) is 6.02. The highest BCUT2D eigenvalue weighted by Gasteiger charge is 2.28. The third-order valence-corrected chi connectivity index (χ3v) is 6.86. The second-order valence-electron chi connectivity index (χ2n) is 8.37.